The van der Waals surface area contributed by atoms with Gasteiger partial charge in [0.15, 0.2) is 0 Å². The molecule has 0 aliphatic heterocycles. The molecule has 0 spiro atoms. The second-order valence-corrected chi connectivity index (χ2v) is 12.5. The molecule has 0 aromatic heterocycles. The summed E-state index contributed by atoms with van der Waals surface area (Å²) in [6.07, 6.45) is 0. The van der Waals surface area contributed by atoms with Crippen molar-refractivity contribution in [3.8, 4) is 50.3 Å². The van der Waals surface area contributed by atoms with Crippen LogP contribution in [0.5, 0.6) is 5.75 Å². The van der Waals surface area contributed by atoms with Gasteiger partial charge >= 0.3 is 0 Å². The minimum Gasteiger partial charge on any atom is -0.487 e. The minimum atomic E-state index is 0.355. The fraction of sp³-hybridized carbons (Fsp3) is 0.0222. The topological polar surface area (TPSA) is 35.2 Å². The average Bonchev–Trinajstić information content (AvgIpc) is 3.14. The Kier molecular flexibility index (Phi) is 7.86. The van der Waals surface area contributed by atoms with Crippen molar-refractivity contribution in [1.29, 1.82) is 0 Å². The lowest BCUT2D eigenvalue weighted by Gasteiger charge is -2.17. The van der Waals surface area contributed by atoms with Crippen molar-refractivity contribution in [3.05, 3.63) is 180 Å². The lowest BCUT2D eigenvalue weighted by molar-refractivity contribution is 0.308. The predicted octanol–water partition coefficient (Wildman–Crippen LogP) is 12.5. The van der Waals surface area contributed by atoms with Gasteiger partial charge in [0.05, 0.1) is 5.69 Å². The molecule has 0 unspecified atom stereocenters. The van der Waals surface area contributed by atoms with E-state index in [-0.39, 0.29) is 0 Å². The molecule has 0 bridgehead atoms. The fourth-order valence-electron chi connectivity index (χ4n) is 6.57. The van der Waals surface area contributed by atoms with Gasteiger partial charge in [0.2, 0.25) is 0 Å². The molecular formula is C45H32ClNO. The number of rotatable bonds is 7. The first-order chi connectivity index (χ1) is 23.6. The Morgan fingerprint density at radius 1 is 0.438 bits per heavy atom. The number of nitrogen functional groups attached to an aromatic ring is 1. The van der Waals surface area contributed by atoms with E-state index < -0.39 is 0 Å². The Balaban J connectivity index is 1.18. The van der Waals surface area contributed by atoms with Crippen LogP contribution in [-0.2, 0) is 6.61 Å². The third kappa shape index (κ3) is 5.79. The molecule has 0 atom stereocenters. The van der Waals surface area contributed by atoms with Crippen molar-refractivity contribution in [2.24, 2.45) is 0 Å². The summed E-state index contributed by atoms with van der Waals surface area (Å²) in [6, 6.07) is 59.2. The molecular weight excluding hydrogens is 606 g/mol. The Morgan fingerprint density at radius 2 is 0.938 bits per heavy atom. The van der Waals surface area contributed by atoms with Gasteiger partial charge in [-0.3, -0.25) is 0 Å². The molecule has 0 fully saturated rings. The van der Waals surface area contributed by atoms with Crippen LogP contribution in [0.1, 0.15) is 5.56 Å². The van der Waals surface area contributed by atoms with Crippen LogP contribution in [0, 0.1) is 0 Å². The number of fused-ring (bicyclic) bond motifs is 2. The SMILES string of the molecule is Nc1c(OCc2cccc(Cl)c2)cc(-c2ccc(-c3cccc4ccccc34)cc2)cc1-c1ccc(-c2cccc3ccccc23)cc1. The first-order valence-electron chi connectivity index (χ1n) is 16.1. The lowest BCUT2D eigenvalue weighted by Crippen LogP contribution is -2.01. The Labute approximate surface area is 285 Å². The highest BCUT2D eigenvalue weighted by Gasteiger charge is 2.15. The normalized spacial score (nSPS) is 11.2. The van der Waals surface area contributed by atoms with Gasteiger partial charge in [-0.2, -0.15) is 0 Å². The van der Waals surface area contributed by atoms with Crippen LogP contribution in [0.2, 0.25) is 5.02 Å². The van der Waals surface area contributed by atoms with E-state index in [4.69, 9.17) is 22.1 Å². The molecule has 230 valence electrons. The molecule has 2 nitrogen and oxygen atoms in total. The molecule has 0 amide bonds. The van der Waals surface area contributed by atoms with Crippen molar-refractivity contribution in [2.75, 3.05) is 5.73 Å². The molecule has 0 aliphatic carbocycles. The monoisotopic (exact) mass is 637 g/mol. The van der Waals surface area contributed by atoms with Gasteiger partial charge in [-0.15, -0.1) is 0 Å². The summed E-state index contributed by atoms with van der Waals surface area (Å²) in [5.74, 6) is 0.638. The van der Waals surface area contributed by atoms with Crippen LogP contribution in [0.15, 0.2) is 170 Å². The number of halogens is 1. The maximum absolute atomic E-state index is 6.88. The Hall–Kier alpha value is -5.83. The summed E-state index contributed by atoms with van der Waals surface area (Å²) in [5.41, 5.74) is 17.3. The third-order valence-electron chi connectivity index (χ3n) is 9.04. The van der Waals surface area contributed by atoms with Crippen molar-refractivity contribution in [3.63, 3.8) is 0 Å². The van der Waals surface area contributed by atoms with Gasteiger partial charge in [0.1, 0.15) is 12.4 Å². The lowest BCUT2D eigenvalue weighted by atomic mass is 9.93. The van der Waals surface area contributed by atoms with E-state index in [1.165, 1.54) is 38.2 Å². The zero-order valence-corrected chi connectivity index (χ0v) is 27.0. The first kappa shape index (κ1) is 29.6. The second-order valence-electron chi connectivity index (χ2n) is 12.1. The van der Waals surface area contributed by atoms with Gasteiger partial charge < -0.3 is 10.5 Å². The first-order valence-corrected chi connectivity index (χ1v) is 16.5. The van der Waals surface area contributed by atoms with Crippen molar-refractivity contribution in [2.45, 2.75) is 6.61 Å². The van der Waals surface area contributed by atoms with E-state index in [0.29, 0.717) is 23.1 Å². The summed E-state index contributed by atoms with van der Waals surface area (Å²) in [7, 11) is 0. The number of anilines is 1. The summed E-state index contributed by atoms with van der Waals surface area (Å²) in [4.78, 5) is 0. The van der Waals surface area contributed by atoms with Crippen LogP contribution in [0.4, 0.5) is 5.69 Å². The van der Waals surface area contributed by atoms with E-state index in [1.54, 1.807) is 0 Å². The zero-order valence-electron chi connectivity index (χ0n) is 26.2. The zero-order chi connectivity index (χ0) is 32.5. The summed E-state index contributed by atoms with van der Waals surface area (Å²) >= 11 is 6.27. The van der Waals surface area contributed by atoms with E-state index in [0.717, 1.165) is 33.4 Å². The number of nitrogens with two attached hydrogens (primary N) is 1. The largest absolute Gasteiger partial charge is 0.487 e. The van der Waals surface area contributed by atoms with Gasteiger partial charge in [-0.25, -0.2) is 0 Å². The molecule has 0 saturated heterocycles. The third-order valence-corrected chi connectivity index (χ3v) is 9.28. The van der Waals surface area contributed by atoms with Crippen LogP contribution in [0.25, 0.3) is 66.1 Å². The highest BCUT2D eigenvalue weighted by atomic mass is 35.5. The molecule has 8 aromatic rings. The second kappa shape index (κ2) is 12.8. The molecule has 0 heterocycles. The number of ether oxygens (including phenoxy) is 1. The molecule has 0 aliphatic rings. The summed E-state index contributed by atoms with van der Waals surface area (Å²) < 4.78 is 6.40. The number of hydrogen-bond acceptors (Lipinski definition) is 2. The minimum absolute atomic E-state index is 0.355. The summed E-state index contributed by atoms with van der Waals surface area (Å²) in [5, 5.41) is 5.61. The van der Waals surface area contributed by atoms with Crippen LogP contribution >= 0.6 is 11.6 Å². The maximum Gasteiger partial charge on any atom is 0.143 e. The molecule has 0 radical (unpaired) electrons. The standard InChI is InChI=1S/C45H32ClNO/c46-38-13-5-8-30(26-38)29-48-44-28-37(31-18-20-34(21-19-31)41-16-6-11-32-9-1-3-14-39(32)41)27-43(45(44)47)36-24-22-35(23-25-36)42-17-7-12-33-10-2-4-15-40(33)42/h1-28H,29,47H2. The highest BCUT2D eigenvalue weighted by Crippen LogP contribution is 2.40. The highest BCUT2D eigenvalue weighted by molar-refractivity contribution is 6.30. The fourth-order valence-corrected chi connectivity index (χ4v) is 6.78. The van der Waals surface area contributed by atoms with Crippen LogP contribution in [-0.4, -0.2) is 0 Å². The van der Waals surface area contributed by atoms with Crippen molar-refractivity contribution >= 4 is 38.8 Å². The average molecular weight is 638 g/mol. The molecule has 0 saturated carbocycles. The number of hydrogen-bond donors (Lipinski definition) is 1. The van der Waals surface area contributed by atoms with E-state index in [1.807, 2.05) is 30.3 Å². The van der Waals surface area contributed by atoms with Gasteiger partial charge in [-0.1, -0.05) is 157 Å². The molecule has 48 heavy (non-hydrogen) atoms. The van der Waals surface area contributed by atoms with Gasteiger partial charge in [-0.05, 0) is 90.3 Å². The smallest absolute Gasteiger partial charge is 0.143 e. The van der Waals surface area contributed by atoms with Crippen molar-refractivity contribution < 1.29 is 4.74 Å². The Morgan fingerprint density at radius 3 is 1.52 bits per heavy atom. The quantitative estimate of drug-likeness (QED) is 0.176. The molecule has 8 rings (SSSR count). The summed E-state index contributed by atoms with van der Waals surface area (Å²) in [6.45, 7) is 0.355. The van der Waals surface area contributed by atoms with Gasteiger partial charge in [0, 0.05) is 10.6 Å². The van der Waals surface area contributed by atoms with E-state index >= 15 is 0 Å². The molecule has 8 aromatic carbocycles. The van der Waals surface area contributed by atoms with E-state index in [2.05, 4.69) is 140 Å². The molecule has 3 heteroatoms. The predicted molar refractivity (Wildman–Crippen MR) is 203 cm³/mol. The van der Waals surface area contributed by atoms with E-state index in [9.17, 15) is 0 Å². The maximum atomic E-state index is 6.88. The van der Waals surface area contributed by atoms with Crippen molar-refractivity contribution in [1.82, 2.24) is 0 Å². The van der Waals surface area contributed by atoms with Crippen LogP contribution in [0.3, 0.4) is 0 Å². The van der Waals surface area contributed by atoms with Crippen LogP contribution < -0.4 is 10.5 Å². The molecule has 2 N–H and O–H groups in total. The number of benzene rings is 8. The van der Waals surface area contributed by atoms with Gasteiger partial charge in [0.25, 0.3) is 0 Å². The Bertz CT molecular complexity index is 2400.